The molecule has 0 amide bonds. The van der Waals surface area contributed by atoms with Crippen molar-refractivity contribution in [2.45, 2.75) is 90.9 Å². The quantitative estimate of drug-likeness (QED) is 0.298. The number of carbonyl (C=O) groups is 4. The normalized spacial score (nSPS) is 17.9. The van der Waals surface area contributed by atoms with Gasteiger partial charge >= 0.3 is 46.1 Å². The van der Waals surface area contributed by atoms with Crippen LogP contribution >= 0.6 is 0 Å². The molecule has 180 valence electrons. The molecular weight excluding hydrogens is 465 g/mol. The van der Waals surface area contributed by atoms with Gasteiger partial charge in [0, 0.05) is 0 Å². The third-order valence-corrected chi connectivity index (χ3v) is 6.32. The molecule has 0 spiro atoms. The standard InChI is InChI=1S/2C12H18O4.2Mg/c2*1-2-9(11(13)14)10(12(15)16)8-6-4-3-5-7-8;;/h2*8H,2-7H2,1H3,(H,13,14)(H,15,16);;/q;;2*+2/p-4/b2*10-9-;;. The number of rotatable bonds is 8. The molecule has 2 saturated carbocycles. The van der Waals surface area contributed by atoms with Crippen LogP contribution in [0.1, 0.15) is 90.9 Å². The van der Waals surface area contributed by atoms with E-state index in [1.807, 2.05) is 0 Å². The van der Waals surface area contributed by atoms with Crippen molar-refractivity contribution in [3.05, 3.63) is 22.3 Å². The molecular formula is C24H32Mg2O8. The molecule has 0 unspecified atom stereocenters. The topological polar surface area (TPSA) is 161 Å². The number of aliphatic carboxylic acids is 4. The Morgan fingerprint density at radius 3 is 0.971 bits per heavy atom. The minimum Gasteiger partial charge on any atom is -0.545 e. The fraction of sp³-hybridized carbons (Fsp3) is 0.667. The van der Waals surface area contributed by atoms with E-state index in [0.717, 1.165) is 64.2 Å². The van der Waals surface area contributed by atoms with Gasteiger partial charge in [0.05, 0.1) is 23.9 Å². The summed E-state index contributed by atoms with van der Waals surface area (Å²) in [6.45, 7) is 3.24. The average Bonchev–Trinajstić information content (AvgIpc) is 2.76. The van der Waals surface area contributed by atoms with Crippen LogP contribution in [0.3, 0.4) is 0 Å². The van der Waals surface area contributed by atoms with Crippen LogP contribution in [-0.4, -0.2) is 70.0 Å². The van der Waals surface area contributed by atoms with E-state index in [0.29, 0.717) is 0 Å². The van der Waals surface area contributed by atoms with Gasteiger partial charge in [0.2, 0.25) is 0 Å². The van der Waals surface area contributed by atoms with Crippen molar-refractivity contribution >= 4 is 70.0 Å². The van der Waals surface area contributed by atoms with Gasteiger partial charge in [0.1, 0.15) is 0 Å². The maximum absolute atomic E-state index is 11.0. The predicted molar refractivity (Wildman–Crippen MR) is 119 cm³/mol. The molecule has 34 heavy (non-hydrogen) atoms. The number of carboxylic acid groups (broad SMARTS) is 4. The molecule has 0 radical (unpaired) electrons. The second kappa shape index (κ2) is 18.2. The van der Waals surface area contributed by atoms with Crippen molar-refractivity contribution in [3.8, 4) is 0 Å². The first kappa shape index (κ1) is 35.1. The fourth-order valence-corrected chi connectivity index (χ4v) is 4.74. The predicted octanol–water partition coefficient (Wildman–Crippen LogP) is -1.22. The summed E-state index contributed by atoms with van der Waals surface area (Å²) in [7, 11) is 0. The minimum atomic E-state index is -1.38. The maximum atomic E-state index is 11.0. The molecule has 0 atom stereocenters. The van der Waals surface area contributed by atoms with Crippen molar-refractivity contribution < 1.29 is 39.6 Å². The molecule has 8 nitrogen and oxygen atoms in total. The largest absolute Gasteiger partial charge is 2.00 e. The van der Waals surface area contributed by atoms with Crippen molar-refractivity contribution in [1.82, 2.24) is 0 Å². The van der Waals surface area contributed by atoms with Crippen LogP contribution in [0.2, 0.25) is 0 Å². The van der Waals surface area contributed by atoms with Crippen molar-refractivity contribution in [2.24, 2.45) is 11.8 Å². The number of hydrogen-bond acceptors (Lipinski definition) is 8. The molecule has 2 rings (SSSR count). The first-order valence-electron chi connectivity index (χ1n) is 11.5. The summed E-state index contributed by atoms with van der Waals surface area (Å²) in [5, 5.41) is 43.8. The zero-order valence-corrected chi connectivity index (χ0v) is 23.1. The second-order valence-corrected chi connectivity index (χ2v) is 8.31. The Hall–Kier alpha value is -1.11. The van der Waals surface area contributed by atoms with Crippen LogP contribution in [0.5, 0.6) is 0 Å². The van der Waals surface area contributed by atoms with Crippen LogP contribution in [0.4, 0.5) is 0 Å². The summed E-state index contributed by atoms with van der Waals surface area (Å²) in [5.74, 6) is -5.82. The van der Waals surface area contributed by atoms with E-state index in [4.69, 9.17) is 0 Å². The molecule has 0 aromatic heterocycles. The van der Waals surface area contributed by atoms with E-state index in [-0.39, 0.29) is 93.1 Å². The van der Waals surface area contributed by atoms with Gasteiger partial charge in [-0.2, -0.15) is 0 Å². The third kappa shape index (κ3) is 10.7. The van der Waals surface area contributed by atoms with Crippen LogP contribution < -0.4 is 20.4 Å². The van der Waals surface area contributed by atoms with Crippen LogP contribution in [-0.2, 0) is 19.2 Å². The summed E-state index contributed by atoms with van der Waals surface area (Å²) < 4.78 is 0. The summed E-state index contributed by atoms with van der Waals surface area (Å²) in [5.41, 5.74) is -0.289. The van der Waals surface area contributed by atoms with Gasteiger partial charge in [-0.1, -0.05) is 52.4 Å². The zero-order valence-electron chi connectivity index (χ0n) is 20.3. The van der Waals surface area contributed by atoms with E-state index in [2.05, 4.69) is 0 Å². The van der Waals surface area contributed by atoms with Crippen LogP contribution in [0.25, 0.3) is 0 Å². The third-order valence-electron chi connectivity index (χ3n) is 6.32. The molecule has 0 aromatic carbocycles. The molecule has 0 bridgehead atoms. The SMILES string of the molecule is CC/C(C(=O)[O-])=C(/C(=O)[O-])C1CCCCC1.CC/C(C(=O)[O-])=C(/C(=O)[O-])C1CCCCC1.[Mg+2].[Mg+2]. The summed E-state index contributed by atoms with van der Waals surface area (Å²) in [6.07, 6.45) is 9.26. The van der Waals surface area contributed by atoms with Gasteiger partial charge < -0.3 is 39.6 Å². The monoisotopic (exact) mass is 496 g/mol. The van der Waals surface area contributed by atoms with Gasteiger partial charge in [0.15, 0.2) is 0 Å². The molecule has 2 aliphatic rings. The van der Waals surface area contributed by atoms with Gasteiger partial charge in [-0.3, -0.25) is 0 Å². The molecule has 2 fully saturated rings. The smallest absolute Gasteiger partial charge is 0.545 e. The van der Waals surface area contributed by atoms with Crippen molar-refractivity contribution in [3.63, 3.8) is 0 Å². The van der Waals surface area contributed by atoms with E-state index in [9.17, 15) is 39.6 Å². The van der Waals surface area contributed by atoms with E-state index in [1.54, 1.807) is 13.8 Å². The molecule has 0 aromatic rings. The average molecular weight is 497 g/mol. The molecule has 10 heteroatoms. The summed E-state index contributed by atoms with van der Waals surface area (Å²) >= 11 is 0. The van der Waals surface area contributed by atoms with Crippen LogP contribution in [0, 0.1) is 11.8 Å². The zero-order chi connectivity index (χ0) is 24.3. The summed E-state index contributed by atoms with van der Waals surface area (Å²) in [4.78, 5) is 43.8. The summed E-state index contributed by atoms with van der Waals surface area (Å²) in [6, 6.07) is 0. The van der Waals surface area contributed by atoms with Crippen LogP contribution in [0.15, 0.2) is 22.3 Å². The Bertz CT molecular complexity index is 697. The fourth-order valence-electron chi connectivity index (χ4n) is 4.74. The molecule has 2 aliphatic carbocycles. The minimum absolute atomic E-state index is 0. The Balaban J connectivity index is 0. The molecule has 0 aliphatic heterocycles. The molecule has 0 heterocycles. The Kier molecular flexibility index (Phi) is 18.8. The number of carboxylic acids is 4. The first-order valence-corrected chi connectivity index (χ1v) is 11.5. The van der Waals surface area contributed by atoms with Crippen molar-refractivity contribution in [2.75, 3.05) is 0 Å². The van der Waals surface area contributed by atoms with Gasteiger partial charge in [-0.15, -0.1) is 0 Å². The van der Waals surface area contributed by atoms with Crippen molar-refractivity contribution in [1.29, 1.82) is 0 Å². The van der Waals surface area contributed by atoms with Gasteiger partial charge in [-0.25, -0.2) is 0 Å². The van der Waals surface area contributed by atoms with Gasteiger partial charge in [0.25, 0.3) is 0 Å². The molecule has 0 N–H and O–H groups in total. The maximum Gasteiger partial charge on any atom is 2.00 e. The Labute approximate surface area is 233 Å². The van der Waals surface area contributed by atoms with E-state index in [1.165, 1.54) is 0 Å². The van der Waals surface area contributed by atoms with E-state index < -0.39 is 23.9 Å². The van der Waals surface area contributed by atoms with Gasteiger partial charge in [-0.05, 0) is 72.7 Å². The number of hydrogen-bond donors (Lipinski definition) is 0. The molecule has 0 saturated heterocycles. The Morgan fingerprint density at radius 2 is 0.794 bits per heavy atom. The Morgan fingerprint density at radius 1 is 0.529 bits per heavy atom. The van der Waals surface area contributed by atoms with E-state index >= 15 is 0 Å². The first-order chi connectivity index (χ1) is 15.1. The second-order valence-electron chi connectivity index (χ2n) is 8.31. The number of carbonyl (C=O) groups excluding carboxylic acids is 4.